The van der Waals surface area contributed by atoms with E-state index >= 15 is 4.39 Å². The molecule has 2 aromatic carbocycles. The monoisotopic (exact) mass is 442 g/mol. The van der Waals surface area contributed by atoms with Crippen LogP contribution in [0.5, 0.6) is 0 Å². The highest BCUT2D eigenvalue weighted by Gasteiger charge is 2.40. The zero-order valence-corrected chi connectivity index (χ0v) is 17.5. The van der Waals surface area contributed by atoms with Gasteiger partial charge in [-0.2, -0.15) is 5.10 Å². The van der Waals surface area contributed by atoms with E-state index in [4.69, 9.17) is 5.73 Å². The molecular weight excluding hydrogens is 423 g/mol. The van der Waals surface area contributed by atoms with Crippen molar-refractivity contribution in [2.45, 2.75) is 5.60 Å². The zero-order chi connectivity index (χ0) is 23.2. The molecular formula is C24H19FN6O2. The molecule has 5 rings (SSSR count). The van der Waals surface area contributed by atoms with E-state index < -0.39 is 17.3 Å². The summed E-state index contributed by atoms with van der Waals surface area (Å²) in [7, 11) is 1.81. The van der Waals surface area contributed by atoms with Gasteiger partial charge < -0.3 is 15.8 Å². The maximum Gasteiger partial charge on any atom is 0.258 e. The van der Waals surface area contributed by atoms with Crippen molar-refractivity contribution in [1.82, 2.24) is 24.7 Å². The second kappa shape index (κ2) is 7.64. The van der Waals surface area contributed by atoms with Crippen LogP contribution in [-0.4, -0.2) is 35.7 Å². The molecule has 0 saturated carbocycles. The van der Waals surface area contributed by atoms with E-state index in [9.17, 15) is 9.90 Å². The number of nitrogens with one attached hydrogen (secondary N) is 1. The number of amides is 1. The predicted molar refractivity (Wildman–Crippen MR) is 120 cm³/mol. The molecule has 0 aliphatic carbocycles. The Hall–Kier alpha value is -4.37. The van der Waals surface area contributed by atoms with E-state index in [1.807, 2.05) is 13.2 Å². The van der Waals surface area contributed by atoms with E-state index in [2.05, 4.69) is 20.1 Å². The van der Waals surface area contributed by atoms with Gasteiger partial charge in [-0.05, 0) is 23.3 Å². The van der Waals surface area contributed by atoms with Gasteiger partial charge >= 0.3 is 0 Å². The molecule has 5 aromatic rings. The number of fused-ring (bicyclic) bond motifs is 1. The van der Waals surface area contributed by atoms with E-state index in [-0.39, 0.29) is 11.1 Å². The lowest BCUT2D eigenvalue weighted by atomic mass is 9.84. The smallest absolute Gasteiger partial charge is 0.258 e. The number of nitrogens with zero attached hydrogens (tertiary/aromatic N) is 4. The van der Waals surface area contributed by atoms with Gasteiger partial charge in [-0.1, -0.05) is 42.5 Å². The Labute approximate surface area is 187 Å². The third-order valence-electron chi connectivity index (χ3n) is 5.59. The van der Waals surface area contributed by atoms with Gasteiger partial charge in [0.2, 0.25) is 0 Å². The molecule has 9 heteroatoms. The van der Waals surface area contributed by atoms with Gasteiger partial charge in [0.15, 0.2) is 11.2 Å². The summed E-state index contributed by atoms with van der Waals surface area (Å²) in [6.07, 6.45) is 5.08. The molecule has 0 fully saturated rings. The molecule has 3 aromatic heterocycles. The number of pyridine rings is 1. The lowest BCUT2D eigenvalue weighted by Crippen LogP contribution is -2.42. The van der Waals surface area contributed by atoms with Crippen LogP contribution in [0.3, 0.4) is 0 Å². The summed E-state index contributed by atoms with van der Waals surface area (Å²) in [5.41, 5.74) is 6.21. The number of carbonyl (C=O) groups excluding carboxylic acids is 1. The van der Waals surface area contributed by atoms with Crippen molar-refractivity contribution in [2.75, 3.05) is 0 Å². The number of nitrogens with two attached hydrogens (primary N) is 1. The molecule has 1 amide bonds. The van der Waals surface area contributed by atoms with E-state index in [1.165, 1.54) is 24.3 Å². The standard InChI is InChI=1S/C24H19FN6O2/c1-31-13-15(12-28-31)21-29-20-17(9-10-27-22(20)30-21)14-7-8-18(19(25)11-14)24(33,23(26)32)16-5-3-2-4-6-16/h2-13,33H,1H3,(H2,26,32)(H,27,29,30). The number of halogens is 1. The Morgan fingerprint density at radius 3 is 2.61 bits per heavy atom. The van der Waals surface area contributed by atoms with Gasteiger partial charge in [0.1, 0.15) is 11.6 Å². The SMILES string of the molecule is Cn1cc(-c2nc3nccc(-c4ccc(C(O)(C(N)=O)c5ccccc5)c(F)c4)c3[nH]2)cn1. The number of benzene rings is 2. The summed E-state index contributed by atoms with van der Waals surface area (Å²) in [5, 5.41) is 15.3. The van der Waals surface area contributed by atoms with E-state index in [1.54, 1.807) is 47.4 Å². The molecule has 0 saturated heterocycles. The molecule has 164 valence electrons. The number of hydrogen-bond donors (Lipinski definition) is 3. The van der Waals surface area contributed by atoms with Crippen molar-refractivity contribution < 1.29 is 14.3 Å². The maximum absolute atomic E-state index is 15.3. The number of aryl methyl sites for hydroxylation is 1. The molecule has 4 N–H and O–H groups in total. The number of hydrogen-bond acceptors (Lipinski definition) is 5. The molecule has 8 nitrogen and oxygen atoms in total. The van der Waals surface area contributed by atoms with Gasteiger partial charge in [0, 0.05) is 30.6 Å². The normalized spacial score (nSPS) is 13.2. The summed E-state index contributed by atoms with van der Waals surface area (Å²) in [5.74, 6) is -1.25. The number of aromatic nitrogens is 5. The molecule has 0 radical (unpaired) electrons. The Bertz CT molecular complexity index is 1490. The van der Waals surface area contributed by atoms with Crippen LogP contribution in [0.25, 0.3) is 33.7 Å². The van der Waals surface area contributed by atoms with Crippen LogP contribution in [-0.2, 0) is 17.4 Å². The van der Waals surface area contributed by atoms with Crippen LogP contribution in [0.2, 0.25) is 0 Å². The minimum absolute atomic E-state index is 0.185. The molecule has 33 heavy (non-hydrogen) atoms. The Morgan fingerprint density at radius 2 is 1.94 bits per heavy atom. The van der Waals surface area contributed by atoms with E-state index in [0.717, 1.165) is 5.56 Å². The average molecular weight is 442 g/mol. The lowest BCUT2D eigenvalue weighted by molar-refractivity contribution is -0.133. The minimum Gasteiger partial charge on any atom is -0.372 e. The van der Waals surface area contributed by atoms with Gasteiger partial charge in [-0.25, -0.2) is 14.4 Å². The third kappa shape index (κ3) is 3.35. The number of aliphatic hydroxyl groups is 1. The van der Waals surface area contributed by atoms with Crippen molar-refractivity contribution >= 4 is 17.1 Å². The molecule has 1 atom stereocenters. The van der Waals surface area contributed by atoms with Crippen molar-refractivity contribution in [1.29, 1.82) is 0 Å². The number of carbonyl (C=O) groups is 1. The number of H-pyrrole nitrogens is 1. The van der Waals surface area contributed by atoms with Crippen molar-refractivity contribution in [3.63, 3.8) is 0 Å². The highest BCUT2D eigenvalue weighted by Crippen LogP contribution is 2.35. The van der Waals surface area contributed by atoms with Gasteiger partial charge in [-0.3, -0.25) is 9.48 Å². The summed E-state index contributed by atoms with van der Waals surface area (Å²) in [6.45, 7) is 0. The van der Waals surface area contributed by atoms with Crippen LogP contribution in [0, 0.1) is 5.82 Å². The Morgan fingerprint density at radius 1 is 1.15 bits per heavy atom. The van der Waals surface area contributed by atoms with Crippen molar-refractivity contribution in [3.8, 4) is 22.5 Å². The Kier molecular flexibility index (Phi) is 4.75. The van der Waals surface area contributed by atoms with Gasteiger partial charge in [0.25, 0.3) is 5.91 Å². The summed E-state index contributed by atoms with van der Waals surface area (Å²) in [6, 6.07) is 14.0. The Balaban J connectivity index is 1.61. The van der Waals surface area contributed by atoms with E-state index in [0.29, 0.717) is 28.1 Å². The largest absolute Gasteiger partial charge is 0.372 e. The predicted octanol–water partition coefficient (Wildman–Crippen LogP) is 2.89. The van der Waals surface area contributed by atoms with Crippen LogP contribution in [0.15, 0.2) is 73.2 Å². The fourth-order valence-electron chi connectivity index (χ4n) is 3.92. The third-order valence-corrected chi connectivity index (χ3v) is 5.59. The molecule has 0 bridgehead atoms. The summed E-state index contributed by atoms with van der Waals surface area (Å²) >= 11 is 0. The lowest BCUT2D eigenvalue weighted by Gasteiger charge is -2.26. The fourth-order valence-corrected chi connectivity index (χ4v) is 3.92. The number of aromatic amines is 1. The molecule has 0 aliphatic heterocycles. The first-order valence-electron chi connectivity index (χ1n) is 10.1. The second-order valence-electron chi connectivity index (χ2n) is 7.68. The quantitative estimate of drug-likeness (QED) is 0.386. The zero-order valence-electron chi connectivity index (χ0n) is 17.5. The number of imidazole rings is 1. The fraction of sp³-hybridized carbons (Fsp3) is 0.0833. The second-order valence-corrected chi connectivity index (χ2v) is 7.68. The van der Waals surface area contributed by atoms with Gasteiger partial charge in [0.05, 0.1) is 17.3 Å². The first-order valence-corrected chi connectivity index (χ1v) is 10.1. The highest BCUT2D eigenvalue weighted by atomic mass is 19.1. The molecule has 3 heterocycles. The van der Waals surface area contributed by atoms with Crippen molar-refractivity contribution in [3.05, 3.63) is 90.1 Å². The van der Waals surface area contributed by atoms with Crippen LogP contribution in [0.1, 0.15) is 11.1 Å². The minimum atomic E-state index is -2.31. The van der Waals surface area contributed by atoms with Crippen LogP contribution in [0.4, 0.5) is 4.39 Å². The van der Waals surface area contributed by atoms with Crippen molar-refractivity contribution in [2.24, 2.45) is 12.8 Å². The summed E-state index contributed by atoms with van der Waals surface area (Å²) < 4.78 is 17.0. The van der Waals surface area contributed by atoms with Gasteiger partial charge in [-0.15, -0.1) is 0 Å². The van der Waals surface area contributed by atoms with Crippen LogP contribution < -0.4 is 5.73 Å². The number of rotatable bonds is 5. The summed E-state index contributed by atoms with van der Waals surface area (Å²) in [4.78, 5) is 24.3. The van der Waals surface area contributed by atoms with Crippen LogP contribution >= 0.6 is 0 Å². The molecule has 1 unspecified atom stereocenters. The first-order chi connectivity index (χ1) is 15.9. The maximum atomic E-state index is 15.3. The topological polar surface area (TPSA) is 123 Å². The highest BCUT2D eigenvalue weighted by molar-refractivity contribution is 5.92. The molecule has 0 spiro atoms. The number of primary amides is 1. The molecule has 0 aliphatic rings. The average Bonchev–Trinajstić information content (AvgIpc) is 3.45. The first kappa shape index (κ1) is 20.5.